The number of ether oxygens (including phenoxy) is 1. The molecule has 0 spiro atoms. The molecule has 4 aromatic rings. The molecule has 0 unspecified atom stereocenters. The molecule has 2 aromatic heterocycles. The lowest BCUT2D eigenvalue weighted by Crippen LogP contribution is -2.13. The Bertz CT molecular complexity index is 1120. The third-order valence-corrected chi connectivity index (χ3v) is 4.38. The number of para-hydroxylation sites is 2. The Hall–Kier alpha value is -4.00. The van der Waals surface area contributed by atoms with Crippen molar-refractivity contribution in [1.82, 2.24) is 15.1 Å². The molecule has 0 saturated heterocycles. The predicted molar refractivity (Wildman–Crippen MR) is 112 cm³/mol. The number of hydrogen-bond donors (Lipinski definition) is 1. The minimum Gasteiger partial charge on any atom is -0.455 e. The summed E-state index contributed by atoms with van der Waals surface area (Å²) >= 11 is 0. The highest BCUT2D eigenvalue weighted by Crippen LogP contribution is 2.29. The second-order valence-corrected chi connectivity index (χ2v) is 6.71. The number of anilines is 1. The van der Waals surface area contributed by atoms with Crippen LogP contribution in [0.15, 0.2) is 77.6 Å². The van der Waals surface area contributed by atoms with Gasteiger partial charge in [-0.05, 0) is 43.3 Å². The van der Waals surface area contributed by atoms with E-state index in [1.54, 1.807) is 30.6 Å². The summed E-state index contributed by atoms with van der Waals surface area (Å²) in [5.41, 5.74) is 2.56. The van der Waals surface area contributed by atoms with Gasteiger partial charge in [0, 0.05) is 30.8 Å². The summed E-state index contributed by atoms with van der Waals surface area (Å²) in [6.45, 7) is 2.02. The van der Waals surface area contributed by atoms with Crippen LogP contribution in [0.1, 0.15) is 17.9 Å². The molecule has 0 bridgehead atoms. The number of carbonyl (C=O) groups excluding carboxylic acids is 1. The second-order valence-electron chi connectivity index (χ2n) is 6.71. The summed E-state index contributed by atoms with van der Waals surface area (Å²) in [6.07, 6.45) is 3.87. The molecule has 0 aliphatic carbocycles. The predicted octanol–water partition coefficient (Wildman–Crippen LogP) is 4.80. The Balaban J connectivity index is 1.37. The SMILES string of the molecule is Cc1ccc(Oc2ccccc2NC(=O)CCc2nc(-c3ccncc3)no2)cc1. The fraction of sp³-hybridized carbons (Fsp3) is 0.130. The zero-order valence-corrected chi connectivity index (χ0v) is 16.4. The van der Waals surface area contributed by atoms with Gasteiger partial charge in [0.15, 0.2) is 5.75 Å². The van der Waals surface area contributed by atoms with Crippen LogP contribution in [-0.4, -0.2) is 21.0 Å². The van der Waals surface area contributed by atoms with E-state index in [9.17, 15) is 4.79 Å². The van der Waals surface area contributed by atoms with Gasteiger partial charge in [-0.25, -0.2) is 0 Å². The third kappa shape index (κ3) is 4.88. The van der Waals surface area contributed by atoms with E-state index in [0.29, 0.717) is 35.3 Å². The Morgan fingerprint density at radius 1 is 1.03 bits per heavy atom. The van der Waals surface area contributed by atoms with Crippen LogP contribution in [0.3, 0.4) is 0 Å². The summed E-state index contributed by atoms with van der Waals surface area (Å²) in [5.74, 6) is 1.99. The van der Waals surface area contributed by atoms with E-state index < -0.39 is 0 Å². The molecular weight excluding hydrogens is 380 g/mol. The van der Waals surface area contributed by atoms with Gasteiger partial charge in [0.05, 0.1) is 5.69 Å². The molecule has 2 aromatic carbocycles. The van der Waals surface area contributed by atoms with Crippen molar-refractivity contribution < 1.29 is 14.1 Å². The monoisotopic (exact) mass is 400 g/mol. The number of carbonyl (C=O) groups is 1. The van der Waals surface area contributed by atoms with Gasteiger partial charge in [-0.15, -0.1) is 0 Å². The van der Waals surface area contributed by atoms with Gasteiger partial charge in [-0.2, -0.15) is 4.98 Å². The molecule has 0 aliphatic heterocycles. The number of aryl methyl sites for hydroxylation is 2. The molecule has 0 radical (unpaired) electrons. The normalized spacial score (nSPS) is 10.6. The first-order valence-electron chi connectivity index (χ1n) is 9.54. The van der Waals surface area contributed by atoms with Gasteiger partial charge >= 0.3 is 0 Å². The molecule has 7 nitrogen and oxygen atoms in total. The molecule has 1 amide bonds. The molecule has 30 heavy (non-hydrogen) atoms. The topological polar surface area (TPSA) is 90.1 Å². The maximum absolute atomic E-state index is 12.4. The van der Waals surface area contributed by atoms with Crippen LogP contribution in [-0.2, 0) is 11.2 Å². The molecule has 7 heteroatoms. The van der Waals surface area contributed by atoms with Crippen molar-refractivity contribution in [3.8, 4) is 22.9 Å². The van der Waals surface area contributed by atoms with Crippen molar-refractivity contribution in [2.45, 2.75) is 19.8 Å². The molecule has 0 fully saturated rings. The Labute approximate surface area is 173 Å². The minimum absolute atomic E-state index is 0.168. The summed E-state index contributed by atoms with van der Waals surface area (Å²) in [7, 11) is 0. The van der Waals surface area contributed by atoms with E-state index in [-0.39, 0.29) is 12.3 Å². The highest BCUT2D eigenvalue weighted by atomic mass is 16.5. The van der Waals surface area contributed by atoms with Crippen LogP contribution < -0.4 is 10.1 Å². The zero-order valence-electron chi connectivity index (χ0n) is 16.4. The molecule has 0 aliphatic rings. The fourth-order valence-corrected chi connectivity index (χ4v) is 2.80. The van der Waals surface area contributed by atoms with E-state index in [2.05, 4.69) is 20.4 Å². The quantitative estimate of drug-likeness (QED) is 0.479. The van der Waals surface area contributed by atoms with Gasteiger partial charge in [-0.1, -0.05) is 35.0 Å². The lowest BCUT2D eigenvalue weighted by Gasteiger charge is -2.12. The minimum atomic E-state index is -0.168. The maximum Gasteiger partial charge on any atom is 0.227 e. The van der Waals surface area contributed by atoms with E-state index in [4.69, 9.17) is 9.26 Å². The van der Waals surface area contributed by atoms with E-state index in [0.717, 1.165) is 11.1 Å². The van der Waals surface area contributed by atoms with Crippen molar-refractivity contribution in [2.24, 2.45) is 0 Å². The van der Waals surface area contributed by atoms with Gasteiger partial charge < -0.3 is 14.6 Å². The van der Waals surface area contributed by atoms with Gasteiger partial charge in [-0.3, -0.25) is 9.78 Å². The number of rotatable bonds is 7. The summed E-state index contributed by atoms with van der Waals surface area (Å²) in [6, 6.07) is 18.6. The van der Waals surface area contributed by atoms with E-state index in [1.165, 1.54) is 0 Å². The van der Waals surface area contributed by atoms with Gasteiger partial charge in [0.25, 0.3) is 0 Å². The highest BCUT2D eigenvalue weighted by molar-refractivity contribution is 5.92. The van der Waals surface area contributed by atoms with Crippen molar-refractivity contribution >= 4 is 11.6 Å². The third-order valence-electron chi connectivity index (χ3n) is 4.38. The first kappa shape index (κ1) is 19.3. The summed E-state index contributed by atoms with van der Waals surface area (Å²) in [5, 5.41) is 6.84. The van der Waals surface area contributed by atoms with Gasteiger partial charge in [0.2, 0.25) is 17.6 Å². The fourth-order valence-electron chi connectivity index (χ4n) is 2.80. The zero-order chi connectivity index (χ0) is 20.8. The highest BCUT2D eigenvalue weighted by Gasteiger charge is 2.12. The Morgan fingerprint density at radius 2 is 1.80 bits per heavy atom. The smallest absolute Gasteiger partial charge is 0.227 e. The van der Waals surface area contributed by atoms with Gasteiger partial charge in [0.1, 0.15) is 5.75 Å². The first-order chi connectivity index (χ1) is 14.7. The Morgan fingerprint density at radius 3 is 2.60 bits per heavy atom. The second kappa shape index (κ2) is 9.00. The number of hydrogen-bond acceptors (Lipinski definition) is 6. The summed E-state index contributed by atoms with van der Waals surface area (Å²) < 4.78 is 11.2. The number of amides is 1. The molecule has 0 atom stereocenters. The van der Waals surface area contributed by atoms with Crippen LogP contribution in [0.5, 0.6) is 11.5 Å². The van der Waals surface area contributed by atoms with E-state index >= 15 is 0 Å². The van der Waals surface area contributed by atoms with Crippen molar-refractivity contribution in [2.75, 3.05) is 5.32 Å². The van der Waals surface area contributed by atoms with Crippen LogP contribution in [0.2, 0.25) is 0 Å². The number of benzene rings is 2. The molecule has 0 saturated carbocycles. The average molecular weight is 400 g/mol. The van der Waals surface area contributed by atoms with Crippen molar-refractivity contribution in [1.29, 1.82) is 0 Å². The standard InChI is InChI=1S/C23H20N4O3/c1-16-6-8-18(9-7-16)29-20-5-3-2-4-19(20)25-21(28)10-11-22-26-23(27-30-22)17-12-14-24-15-13-17/h2-9,12-15H,10-11H2,1H3,(H,25,28). The molecule has 150 valence electrons. The molecule has 2 heterocycles. The number of pyridine rings is 1. The lowest BCUT2D eigenvalue weighted by molar-refractivity contribution is -0.116. The molecule has 4 rings (SSSR count). The largest absolute Gasteiger partial charge is 0.455 e. The molecule has 1 N–H and O–H groups in total. The number of nitrogens with zero attached hydrogens (tertiary/aromatic N) is 3. The average Bonchev–Trinajstić information content (AvgIpc) is 3.25. The van der Waals surface area contributed by atoms with Crippen molar-refractivity contribution in [3.05, 3.63) is 84.5 Å². The maximum atomic E-state index is 12.4. The number of nitrogens with one attached hydrogen (secondary N) is 1. The number of aromatic nitrogens is 3. The molecular formula is C23H20N4O3. The van der Waals surface area contributed by atoms with Crippen LogP contribution in [0.4, 0.5) is 5.69 Å². The van der Waals surface area contributed by atoms with Crippen molar-refractivity contribution in [3.63, 3.8) is 0 Å². The van der Waals surface area contributed by atoms with Crippen LogP contribution in [0.25, 0.3) is 11.4 Å². The van der Waals surface area contributed by atoms with Crippen LogP contribution >= 0.6 is 0 Å². The van der Waals surface area contributed by atoms with Crippen LogP contribution in [0, 0.1) is 6.92 Å². The lowest BCUT2D eigenvalue weighted by atomic mass is 10.2. The Kier molecular flexibility index (Phi) is 5.80. The first-order valence-corrected chi connectivity index (χ1v) is 9.54. The summed E-state index contributed by atoms with van der Waals surface area (Å²) in [4.78, 5) is 20.7. The van der Waals surface area contributed by atoms with E-state index in [1.807, 2.05) is 49.4 Å².